The summed E-state index contributed by atoms with van der Waals surface area (Å²) in [5, 5.41) is 6.64. The number of nitrogens with one attached hydrogen (secondary N) is 1. The number of fused-ring (bicyclic) bond motifs is 1. The molecule has 1 amide bonds. The van der Waals surface area contributed by atoms with Gasteiger partial charge in [0, 0.05) is 35.3 Å². The third kappa shape index (κ3) is 3.37. The molecule has 5 rings (SSSR count). The predicted octanol–water partition coefficient (Wildman–Crippen LogP) is 4.80. The summed E-state index contributed by atoms with van der Waals surface area (Å²) in [5.41, 5.74) is 3.92. The SMILES string of the molecule is O=C(Nc1ccc(-c2nc3ccccc3o2)cc1)c1cc(-c2cccnc2)on1. The largest absolute Gasteiger partial charge is 0.436 e. The third-order valence-corrected chi connectivity index (χ3v) is 4.37. The maximum Gasteiger partial charge on any atom is 0.277 e. The van der Waals surface area contributed by atoms with Gasteiger partial charge in [-0.1, -0.05) is 17.3 Å². The highest BCUT2D eigenvalue weighted by molar-refractivity contribution is 6.03. The molecule has 3 aromatic heterocycles. The summed E-state index contributed by atoms with van der Waals surface area (Å²) in [5.74, 6) is 0.648. The van der Waals surface area contributed by atoms with Crippen molar-refractivity contribution in [2.24, 2.45) is 0 Å². The van der Waals surface area contributed by atoms with E-state index in [0.29, 0.717) is 17.3 Å². The van der Waals surface area contributed by atoms with Crippen molar-refractivity contribution in [2.45, 2.75) is 0 Å². The van der Waals surface area contributed by atoms with Gasteiger partial charge in [0.05, 0.1) is 0 Å². The van der Waals surface area contributed by atoms with Crippen LogP contribution in [-0.2, 0) is 0 Å². The molecule has 3 heterocycles. The van der Waals surface area contributed by atoms with Crippen LogP contribution in [0, 0.1) is 0 Å². The number of hydrogen-bond donors (Lipinski definition) is 1. The summed E-state index contributed by atoms with van der Waals surface area (Å²) in [6, 6.07) is 20.0. The van der Waals surface area contributed by atoms with Gasteiger partial charge in [0.2, 0.25) is 5.89 Å². The highest BCUT2D eigenvalue weighted by atomic mass is 16.5. The number of nitrogens with zero attached hydrogens (tertiary/aromatic N) is 3. The molecule has 0 aliphatic rings. The minimum Gasteiger partial charge on any atom is -0.436 e. The zero-order chi connectivity index (χ0) is 19.6. The lowest BCUT2D eigenvalue weighted by molar-refractivity contribution is 0.101. The smallest absolute Gasteiger partial charge is 0.277 e. The quantitative estimate of drug-likeness (QED) is 0.480. The van der Waals surface area contributed by atoms with Crippen LogP contribution in [-0.4, -0.2) is 21.0 Å². The number of carbonyl (C=O) groups is 1. The van der Waals surface area contributed by atoms with Crippen LogP contribution in [0.25, 0.3) is 33.9 Å². The molecule has 0 atom stereocenters. The number of oxazole rings is 1. The number of carbonyl (C=O) groups excluding carboxylic acids is 1. The number of rotatable bonds is 4. The van der Waals surface area contributed by atoms with Crippen LogP contribution >= 0.6 is 0 Å². The lowest BCUT2D eigenvalue weighted by Gasteiger charge is -2.03. The van der Waals surface area contributed by atoms with E-state index in [2.05, 4.69) is 20.4 Å². The molecule has 140 valence electrons. The fourth-order valence-corrected chi connectivity index (χ4v) is 2.91. The van der Waals surface area contributed by atoms with E-state index in [-0.39, 0.29) is 11.6 Å². The molecule has 29 heavy (non-hydrogen) atoms. The van der Waals surface area contributed by atoms with Crippen LogP contribution < -0.4 is 5.32 Å². The van der Waals surface area contributed by atoms with Gasteiger partial charge in [-0.3, -0.25) is 9.78 Å². The molecule has 0 spiro atoms. The molecule has 0 saturated heterocycles. The first-order valence-corrected chi connectivity index (χ1v) is 8.91. The Labute approximate surface area is 165 Å². The number of amides is 1. The average Bonchev–Trinajstić information content (AvgIpc) is 3.42. The third-order valence-electron chi connectivity index (χ3n) is 4.37. The first-order valence-electron chi connectivity index (χ1n) is 8.91. The first-order chi connectivity index (χ1) is 14.3. The minimum absolute atomic E-state index is 0.187. The zero-order valence-corrected chi connectivity index (χ0v) is 15.1. The summed E-state index contributed by atoms with van der Waals surface area (Å²) >= 11 is 0. The van der Waals surface area contributed by atoms with Gasteiger partial charge in [-0.15, -0.1) is 0 Å². The molecule has 5 aromatic rings. The zero-order valence-electron chi connectivity index (χ0n) is 15.1. The topological polar surface area (TPSA) is 94.1 Å². The van der Waals surface area contributed by atoms with Crippen molar-refractivity contribution in [1.82, 2.24) is 15.1 Å². The molecule has 0 radical (unpaired) electrons. The maximum atomic E-state index is 12.5. The average molecular weight is 382 g/mol. The second-order valence-corrected chi connectivity index (χ2v) is 6.34. The second kappa shape index (κ2) is 7.05. The molecule has 0 saturated carbocycles. The molecule has 0 aliphatic carbocycles. The molecule has 0 aliphatic heterocycles. The fraction of sp³-hybridized carbons (Fsp3) is 0. The van der Waals surface area contributed by atoms with Crippen LogP contribution in [0.1, 0.15) is 10.5 Å². The normalized spacial score (nSPS) is 10.9. The van der Waals surface area contributed by atoms with Crippen LogP contribution in [0.15, 0.2) is 88.1 Å². The van der Waals surface area contributed by atoms with Gasteiger partial charge in [-0.25, -0.2) is 4.98 Å². The first kappa shape index (κ1) is 16.9. The fourth-order valence-electron chi connectivity index (χ4n) is 2.91. The molecule has 0 bridgehead atoms. The highest BCUT2D eigenvalue weighted by Crippen LogP contribution is 2.25. The van der Waals surface area contributed by atoms with Gasteiger partial charge in [0.1, 0.15) is 5.52 Å². The summed E-state index contributed by atoms with van der Waals surface area (Å²) in [6.07, 6.45) is 3.31. The number of aromatic nitrogens is 3. The second-order valence-electron chi connectivity index (χ2n) is 6.34. The van der Waals surface area contributed by atoms with Crippen molar-refractivity contribution in [2.75, 3.05) is 5.32 Å². The van der Waals surface area contributed by atoms with Crippen molar-refractivity contribution in [3.8, 4) is 22.8 Å². The number of hydrogen-bond acceptors (Lipinski definition) is 6. The van der Waals surface area contributed by atoms with Crippen molar-refractivity contribution in [1.29, 1.82) is 0 Å². The van der Waals surface area contributed by atoms with E-state index in [0.717, 1.165) is 22.2 Å². The van der Waals surface area contributed by atoms with Crippen molar-refractivity contribution < 1.29 is 13.7 Å². The van der Waals surface area contributed by atoms with E-state index < -0.39 is 0 Å². The Morgan fingerprint density at radius 2 is 1.79 bits per heavy atom. The summed E-state index contributed by atoms with van der Waals surface area (Å²) in [6.45, 7) is 0. The van der Waals surface area contributed by atoms with Gasteiger partial charge in [-0.05, 0) is 48.5 Å². The standard InChI is InChI=1S/C22H14N4O3/c27-21(18-12-20(29-26-18)15-4-3-11-23-13-15)24-16-9-7-14(8-10-16)22-25-17-5-1-2-6-19(17)28-22/h1-13H,(H,24,27). The Hall–Kier alpha value is -4.26. The minimum atomic E-state index is -0.362. The van der Waals surface area contributed by atoms with Crippen LogP contribution in [0.3, 0.4) is 0 Å². The molecule has 0 unspecified atom stereocenters. The van der Waals surface area contributed by atoms with Crippen LogP contribution in [0.4, 0.5) is 5.69 Å². The van der Waals surface area contributed by atoms with E-state index in [4.69, 9.17) is 8.94 Å². The van der Waals surface area contributed by atoms with Gasteiger partial charge >= 0.3 is 0 Å². The van der Waals surface area contributed by atoms with Crippen LogP contribution in [0.5, 0.6) is 0 Å². The monoisotopic (exact) mass is 382 g/mol. The summed E-state index contributed by atoms with van der Waals surface area (Å²) < 4.78 is 11.0. The lowest BCUT2D eigenvalue weighted by atomic mass is 10.2. The predicted molar refractivity (Wildman–Crippen MR) is 107 cm³/mol. The van der Waals surface area contributed by atoms with Crippen LogP contribution in [0.2, 0.25) is 0 Å². The summed E-state index contributed by atoms with van der Waals surface area (Å²) in [4.78, 5) is 21.0. The van der Waals surface area contributed by atoms with E-state index in [1.165, 1.54) is 0 Å². The molecular weight excluding hydrogens is 368 g/mol. The highest BCUT2D eigenvalue weighted by Gasteiger charge is 2.14. The Bertz CT molecular complexity index is 1260. The number of benzene rings is 2. The van der Waals surface area contributed by atoms with Crippen molar-refractivity contribution in [3.05, 3.63) is 84.8 Å². The van der Waals surface area contributed by atoms with Gasteiger partial charge in [-0.2, -0.15) is 0 Å². The van der Waals surface area contributed by atoms with E-state index in [1.807, 2.05) is 42.5 Å². The number of pyridine rings is 1. The Morgan fingerprint density at radius 1 is 0.931 bits per heavy atom. The number of anilines is 1. The van der Waals surface area contributed by atoms with E-state index in [1.54, 1.807) is 36.7 Å². The molecule has 7 heteroatoms. The maximum absolute atomic E-state index is 12.5. The van der Waals surface area contributed by atoms with Gasteiger partial charge in [0.15, 0.2) is 17.0 Å². The van der Waals surface area contributed by atoms with E-state index >= 15 is 0 Å². The molecule has 7 nitrogen and oxygen atoms in total. The van der Waals surface area contributed by atoms with Gasteiger partial charge in [0.25, 0.3) is 5.91 Å². The molecule has 1 N–H and O–H groups in total. The van der Waals surface area contributed by atoms with E-state index in [9.17, 15) is 4.79 Å². The van der Waals surface area contributed by atoms with Crippen molar-refractivity contribution >= 4 is 22.7 Å². The Morgan fingerprint density at radius 3 is 2.59 bits per heavy atom. The Kier molecular flexibility index (Phi) is 4.10. The number of para-hydroxylation sites is 2. The Balaban J connectivity index is 1.32. The molecule has 0 fully saturated rings. The van der Waals surface area contributed by atoms with Gasteiger partial charge < -0.3 is 14.3 Å². The molecule has 2 aromatic carbocycles. The molecular formula is C22H14N4O3. The summed E-state index contributed by atoms with van der Waals surface area (Å²) in [7, 11) is 0. The lowest BCUT2D eigenvalue weighted by Crippen LogP contribution is -2.11. The van der Waals surface area contributed by atoms with Crippen molar-refractivity contribution in [3.63, 3.8) is 0 Å².